The average Bonchev–Trinajstić information content (AvgIpc) is 2.85. The summed E-state index contributed by atoms with van der Waals surface area (Å²) >= 11 is 1.69. The Morgan fingerprint density at radius 1 is 1.26 bits per heavy atom. The highest BCUT2D eigenvalue weighted by Crippen LogP contribution is 2.25. The Morgan fingerprint density at radius 3 is 2.79 bits per heavy atom. The quantitative estimate of drug-likeness (QED) is 0.832. The summed E-state index contributed by atoms with van der Waals surface area (Å²) in [5, 5.41) is 13.8. The number of nitrogens with one attached hydrogen (secondary N) is 1. The standard InChI is InChI=1S/C14H26N4S/c1-3-9-15-14-17-16-13(19-14)11-18(2)10-12-7-5-4-6-8-12/h12H,3-11H2,1-2H3,(H,15,17). The zero-order valence-electron chi connectivity index (χ0n) is 12.2. The smallest absolute Gasteiger partial charge is 0.205 e. The van der Waals surface area contributed by atoms with E-state index in [2.05, 4.69) is 34.4 Å². The first-order valence-corrected chi connectivity index (χ1v) is 8.34. The molecule has 0 aliphatic heterocycles. The highest BCUT2D eigenvalue weighted by Gasteiger charge is 2.16. The number of hydrogen-bond donors (Lipinski definition) is 1. The van der Waals surface area contributed by atoms with Crippen LogP contribution in [0.1, 0.15) is 50.5 Å². The van der Waals surface area contributed by atoms with Gasteiger partial charge in [0.1, 0.15) is 5.01 Å². The van der Waals surface area contributed by atoms with Gasteiger partial charge in [0.25, 0.3) is 0 Å². The average molecular weight is 282 g/mol. The maximum Gasteiger partial charge on any atom is 0.205 e. The molecule has 0 bridgehead atoms. The molecule has 1 aliphatic rings. The van der Waals surface area contributed by atoms with Crippen molar-refractivity contribution in [3.63, 3.8) is 0 Å². The van der Waals surface area contributed by atoms with Crippen LogP contribution in [-0.4, -0.2) is 35.2 Å². The molecule has 5 heteroatoms. The minimum atomic E-state index is 0.893. The van der Waals surface area contributed by atoms with Crippen LogP contribution < -0.4 is 5.32 Å². The predicted molar refractivity (Wildman–Crippen MR) is 81.6 cm³/mol. The molecular formula is C14H26N4S. The molecule has 1 heterocycles. The lowest BCUT2D eigenvalue weighted by atomic mass is 9.89. The molecular weight excluding hydrogens is 256 g/mol. The zero-order chi connectivity index (χ0) is 13.5. The third kappa shape index (κ3) is 5.07. The number of rotatable bonds is 7. The summed E-state index contributed by atoms with van der Waals surface area (Å²) in [6.07, 6.45) is 8.21. The molecule has 1 fully saturated rings. The summed E-state index contributed by atoms with van der Waals surface area (Å²) in [7, 11) is 2.20. The molecule has 2 rings (SSSR count). The van der Waals surface area contributed by atoms with Crippen LogP contribution in [0.4, 0.5) is 5.13 Å². The van der Waals surface area contributed by atoms with Crippen LogP contribution in [0.5, 0.6) is 0 Å². The Labute approximate surface area is 120 Å². The number of aromatic nitrogens is 2. The van der Waals surface area contributed by atoms with Crippen molar-refractivity contribution in [2.45, 2.75) is 52.0 Å². The van der Waals surface area contributed by atoms with E-state index in [1.54, 1.807) is 11.3 Å². The van der Waals surface area contributed by atoms with E-state index in [4.69, 9.17) is 0 Å². The van der Waals surface area contributed by atoms with Crippen molar-refractivity contribution in [2.24, 2.45) is 5.92 Å². The summed E-state index contributed by atoms with van der Waals surface area (Å²) in [5.74, 6) is 0.893. The molecule has 108 valence electrons. The monoisotopic (exact) mass is 282 g/mol. The second-order valence-corrected chi connectivity index (χ2v) is 6.69. The van der Waals surface area contributed by atoms with E-state index < -0.39 is 0 Å². The Morgan fingerprint density at radius 2 is 2.05 bits per heavy atom. The van der Waals surface area contributed by atoms with E-state index in [0.29, 0.717) is 0 Å². The van der Waals surface area contributed by atoms with E-state index in [1.165, 1.54) is 38.6 Å². The Hall–Kier alpha value is -0.680. The molecule has 0 atom stereocenters. The van der Waals surface area contributed by atoms with Crippen LogP contribution in [0.3, 0.4) is 0 Å². The lowest BCUT2D eigenvalue weighted by molar-refractivity contribution is 0.227. The first kappa shape index (κ1) is 14.7. The van der Waals surface area contributed by atoms with E-state index in [1.807, 2.05) is 0 Å². The van der Waals surface area contributed by atoms with Gasteiger partial charge in [-0.1, -0.05) is 37.5 Å². The lowest BCUT2D eigenvalue weighted by Crippen LogP contribution is -2.26. The normalized spacial score (nSPS) is 17.0. The van der Waals surface area contributed by atoms with Gasteiger partial charge < -0.3 is 5.32 Å². The van der Waals surface area contributed by atoms with Gasteiger partial charge in [0.15, 0.2) is 0 Å². The molecule has 0 spiro atoms. The third-order valence-electron chi connectivity index (χ3n) is 3.69. The lowest BCUT2D eigenvalue weighted by Gasteiger charge is -2.26. The fourth-order valence-electron chi connectivity index (χ4n) is 2.73. The molecule has 0 unspecified atom stereocenters. The largest absolute Gasteiger partial charge is 0.360 e. The molecule has 1 N–H and O–H groups in total. The second-order valence-electron chi connectivity index (χ2n) is 5.63. The first-order valence-electron chi connectivity index (χ1n) is 7.52. The van der Waals surface area contributed by atoms with Gasteiger partial charge >= 0.3 is 0 Å². The Bertz CT molecular complexity index is 360. The van der Waals surface area contributed by atoms with Crippen LogP contribution in [0.15, 0.2) is 0 Å². The highest BCUT2D eigenvalue weighted by molar-refractivity contribution is 7.15. The second kappa shape index (κ2) is 7.80. The van der Waals surface area contributed by atoms with E-state index >= 15 is 0 Å². The van der Waals surface area contributed by atoms with Crippen LogP contribution >= 0.6 is 11.3 Å². The fraction of sp³-hybridized carbons (Fsp3) is 0.857. The summed E-state index contributed by atoms with van der Waals surface area (Å²) < 4.78 is 0. The van der Waals surface area contributed by atoms with Gasteiger partial charge in [0.05, 0.1) is 6.54 Å². The van der Waals surface area contributed by atoms with E-state index in [9.17, 15) is 0 Å². The van der Waals surface area contributed by atoms with Gasteiger partial charge in [-0.25, -0.2) is 0 Å². The van der Waals surface area contributed by atoms with Crippen LogP contribution in [-0.2, 0) is 6.54 Å². The van der Waals surface area contributed by atoms with Crippen LogP contribution in [0.2, 0.25) is 0 Å². The zero-order valence-corrected chi connectivity index (χ0v) is 13.0. The molecule has 0 amide bonds. The van der Waals surface area contributed by atoms with E-state index in [0.717, 1.165) is 35.6 Å². The van der Waals surface area contributed by atoms with Gasteiger partial charge in [-0.15, -0.1) is 10.2 Å². The van der Waals surface area contributed by atoms with Crippen molar-refractivity contribution in [1.82, 2.24) is 15.1 Å². The van der Waals surface area contributed by atoms with Crippen LogP contribution in [0, 0.1) is 5.92 Å². The van der Waals surface area contributed by atoms with Crippen molar-refractivity contribution in [3.05, 3.63) is 5.01 Å². The third-order valence-corrected chi connectivity index (χ3v) is 4.56. The molecule has 4 nitrogen and oxygen atoms in total. The molecule has 0 radical (unpaired) electrons. The fourth-order valence-corrected chi connectivity index (χ4v) is 3.57. The minimum Gasteiger partial charge on any atom is -0.360 e. The molecule has 1 aromatic rings. The number of nitrogens with zero attached hydrogens (tertiary/aromatic N) is 3. The summed E-state index contributed by atoms with van der Waals surface area (Å²) in [5.41, 5.74) is 0. The molecule has 0 saturated heterocycles. The molecule has 1 aliphatic carbocycles. The van der Waals surface area contributed by atoms with Gasteiger partial charge in [0.2, 0.25) is 5.13 Å². The van der Waals surface area contributed by atoms with Crippen molar-refractivity contribution >= 4 is 16.5 Å². The van der Waals surface area contributed by atoms with Gasteiger partial charge in [-0.3, -0.25) is 4.90 Å². The molecule has 1 aromatic heterocycles. The van der Waals surface area contributed by atoms with Crippen molar-refractivity contribution in [1.29, 1.82) is 0 Å². The minimum absolute atomic E-state index is 0.893. The first-order chi connectivity index (χ1) is 9.28. The maximum atomic E-state index is 4.27. The summed E-state index contributed by atoms with van der Waals surface area (Å²) in [4.78, 5) is 2.40. The molecule has 0 aromatic carbocycles. The van der Waals surface area contributed by atoms with Gasteiger partial charge in [-0.2, -0.15) is 0 Å². The van der Waals surface area contributed by atoms with Crippen LogP contribution in [0.25, 0.3) is 0 Å². The molecule has 19 heavy (non-hydrogen) atoms. The van der Waals surface area contributed by atoms with Crippen molar-refractivity contribution < 1.29 is 0 Å². The van der Waals surface area contributed by atoms with Gasteiger partial charge in [-0.05, 0) is 32.2 Å². The van der Waals surface area contributed by atoms with Crippen molar-refractivity contribution in [3.8, 4) is 0 Å². The SMILES string of the molecule is CCCNc1nnc(CN(C)CC2CCCCC2)s1. The molecule has 1 saturated carbocycles. The van der Waals surface area contributed by atoms with E-state index in [-0.39, 0.29) is 0 Å². The predicted octanol–water partition coefficient (Wildman–Crippen LogP) is 3.37. The van der Waals surface area contributed by atoms with Gasteiger partial charge in [0, 0.05) is 13.1 Å². The van der Waals surface area contributed by atoms with Crippen molar-refractivity contribution in [2.75, 3.05) is 25.5 Å². The summed E-state index contributed by atoms with van der Waals surface area (Å²) in [6, 6.07) is 0. The highest BCUT2D eigenvalue weighted by atomic mass is 32.1. The number of hydrogen-bond acceptors (Lipinski definition) is 5. The Balaban J connectivity index is 1.74. The topological polar surface area (TPSA) is 41.1 Å². The maximum absolute atomic E-state index is 4.27. The Kier molecular flexibility index (Phi) is 6.04. The number of anilines is 1. The summed E-state index contributed by atoms with van der Waals surface area (Å²) in [6.45, 7) is 5.28.